The van der Waals surface area contributed by atoms with Gasteiger partial charge < -0.3 is 13.8 Å². The summed E-state index contributed by atoms with van der Waals surface area (Å²) in [5.74, 6) is -0.832. The molecule has 0 N–H and O–H groups in total. The molecule has 29 heavy (non-hydrogen) atoms. The van der Waals surface area contributed by atoms with E-state index in [2.05, 4.69) is 9.28 Å². The molecule has 0 aromatic carbocycles. The van der Waals surface area contributed by atoms with Crippen molar-refractivity contribution < 1.29 is 35.3 Å². The normalized spacial score (nSPS) is 18.4. The molecule has 0 aliphatic carbocycles. The lowest BCUT2D eigenvalue weighted by molar-refractivity contribution is -0.0503. The van der Waals surface area contributed by atoms with Gasteiger partial charge in [-0.1, -0.05) is 6.92 Å². The first-order chi connectivity index (χ1) is 13.0. The van der Waals surface area contributed by atoms with Gasteiger partial charge in [0.15, 0.2) is 0 Å². The Balaban J connectivity index is 2.42. The molecule has 1 aromatic heterocycles. The van der Waals surface area contributed by atoms with E-state index < -0.39 is 39.2 Å². The first kappa shape index (κ1) is 23.3. The minimum atomic E-state index is -5.86. The molecule has 0 saturated heterocycles. The summed E-state index contributed by atoms with van der Waals surface area (Å²) in [5, 5.41) is 4.31. The van der Waals surface area contributed by atoms with Crippen LogP contribution in [0.5, 0.6) is 5.88 Å². The van der Waals surface area contributed by atoms with Crippen molar-refractivity contribution >= 4 is 16.2 Å². The third kappa shape index (κ3) is 5.14. The van der Waals surface area contributed by atoms with Gasteiger partial charge in [0, 0.05) is 24.6 Å². The van der Waals surface area contributed by atoms with E-state index in [1.54, 1.807) is 41.5 Å². The van der Waals surface area contributed by atoms with Gasteiger partial charge in [0.25, 0.3) is 0 Å². The zero-order valence-electron chi connectivity index (χ0n) is 17.2. The standard InChI is InChI=1S/C17H26F3N3O5S/c1-10(2)23-14(28-29(25,26)17(18,19)20)12-7-8-22(9-11(3)13(12)21-23)15(24)27-16(4,5)6/h10-11H,7-9H2,1-6H3. The fraction of sp³-hybridized carbons (Fsp3) is 0.765. The van der Waals surface area contributed by atoms with Crippen molar-refractivity contribution in [3.05, 3.63) is 11.3 Å². The number of amides is 1. The third-order valence-corrected chi connectivity index (χ3v) is 5.14. The van der Waals surface area contributed by atoms with Crippen LogP contribution in [0.25, 0.3) is 0 Å². The number of carbonyl (C=O) groups excluding carboxylic acids is 1. The number of hydrogen-bond acceptors (Lipinski definition) is 6. The highest BCUT2D eigenvalue weighted by molar-refractivity contribution is 7.87. The Kier molecular flexibility index (Phi) is 6.18. The molecule has 1 atom stereocenters. The lowest BCUT2D eigenvalue weighted by atomic mass is 10.0. The predicted molar refractivity (Wildman–Crippen MR) is 98.1 cm³/mol. The van der Waals surface area contributed by atoms with Gasteiger partial charge in [0.05, 0.1) is 11.7 Å². The van der Waals surface area contributed by atoms with E-state index >= 15 is 0 Å². The van der Waals surface area contributed by atoms with Crippen molar-refractivity contribution in [1.29, 1.82) is 0 Å². The number of alkyl halides is 3. The molecule has 0 fully saturated rings. The quantitative estimate of drug-likeness (QED) is 0.526. The van der Waals surface area contributed by atoms with Crippen molar-refractivity contribution in [3.8, 4) is 5.88 Å². The summed E-state index contributed by atoms with van der Waals surface area (Å²) in [6.07, 6.45) is -0.481. The van der Waals surface area contributed by atoms with Crippen LogP contribution in [-0.2, 0) is 21.3 Å². The number of ether oxygens (including phenoxy) is 1. The molecule has 1 aliphatic heterocycles. The molecular formula is C17H26F3N3O5S. The van der Waals surface area contributed by atoms with Gasteiger partial charge in [-0.3, -0.25) is 0 Å². The van der Waals surface area contributed by atoms with E-state index in [4.69, 9.17) is 4.74 Å². The Labute approximate surface area is 168 Å². The Morgan fingerprint density at radius 3 is 2.31 bits per heavy atom. The van der Waals surface area contributed by atoms with Crippen LogP contribution in [0, 0.1) is 0 Å². The molecule has 1 unspecified atom stereocenters. The fourth-order valence-electron chi connectivity index (χ4n) is 2.94. The van der Waals surface area contributed by atoms with E-state index in [-0.39, 0.29) is 31.0 Å². The Morgan fingerprint density at radius 1 is 1.24 bits per heavy atom. The second-order valence-electron chi connectivity index (χ2n) is 8.27. The van der Waals surface area contributed by atoms with Crippen LogP contribution < -0.4 is 4.18 Å². The number of rotatable bonds is 3. The van der Waals surface area contributed by atoms with Crippen LogP contribution in [0.2, 0.25) is 0 Å². The molecule has 0 spiro atoms. The summed E-state index contributed by atoms with van der Waals surface area (Å²) >= 11 is 0. The van der Waals surface area contributed by atoms with Crippen LogP contribution in [-0.4, -0.2) is 53.4 Å². The maximum Gasteiger partial charge on any atom is 0.534 e. The first-order valence-corrected chi connectivity index (χ1v) is 10.5. The highest BCUT2D eigenvalue weighted by Crippen LogP contribution is 2.36. The Hall–Kier alpha value is -1.98. The highest BCUT2D eigenvalue weighted by atomic mass is 32.2. The topological polar surface area (TPSA) is 90.7 Å². The van der Waals surface area contributed by atoms with E-state index in [1.165, 1.54) is 4.90 Å². The summed E-state index contributed by atoms with van der Waals surface area (Å²) in [6.45, 7) is 10.6. The predicted octanol–water partition coefficient (Wildman–Crippen LogP) is 3.59. The summed E-state index contributed by atoms with van der Waals surface area (Å²) in [7, 11) is -5.86. The van der Waals surface area contributed by atoms with E-state index in [9.17, 15) is 26.4 Å². The van der Waals surface area contributed by atoms with Crippen molar-refractivity contribution in [2.45, 2.75) is 71.0 Å². The van der Waals surface area contributed by atoms with Crippen LogP contribution in [0.4, 0.5) is 18.0 Å². The maximum atomic E-state index is 12.9. The lowest BCUT2D eigenvalue weighted by Crippen LogP contribution is -2.39. The van der Waals surface area contributed by atoms with Gasteiger partial charge >= 0.3 is 21.7 Å². The molecule has 8 nitrogen and oxygen atoms in total. The number of aromatic nitrogens is 2. The number of nitrogens with zero attached hydrogens (tertiary/aromatic N) is 3. The van der Waals surface area contributed by atoms with E-state index in [0.29, 0.717) is 5.69 Å². The molecular weight excluding hydrogens is 415 g/mol. The van der Waals surface area contributed by atoms with Crippen LogP contribution in [0.15, 0.2) is 0 Å². The fourth-order valence-corrected chi connectivity index (χ4v) is 3.42. The minimum absolute atomic E-state index is 0.0777. The summed E-state index contributed by atoms with van der Waals surface area (Å²) in [6, 6.07) is -0.436. The van der Waals surface area contributed by atoms with Crippen LogP contribution in [0.3, 0.4) is 0 Å². The summed E-state index contributed by atoms with van der Waals surface area (Å²) in [4.78, 5) is 13.8. The molecule has 0 radical (unpaired) electrons. The molecule has 1 aliphatic rings. The number of carbonyl (C=O) groups is 1. The molecule has 1 amide bonds. The average molecular weight is 441 g/mol. The minimum Gasteiger partial charge on any atom is -0.444 e. The second-order valence-corrected chi connectivity index (χ2v) is 9.81. The van der Waals surface area contributed by atoms with E-state index in [0.717, 1.165) is 4.68 Å². The zero-order chi connectivity index (χ0) is 22.4. The first-order valence-electron chi connectivity index (χ1n) is 9.13. The summed E-state index contributed by atoms with van der Waals surface area (Å²) in [5.41, 5.74) is -5.63. The van der Waals surface area contributed by atoms with Crippen molar-refractivity contribution in [1.82, 2.24) is 14.7 Å². The molecule has 0 saturated carbocycles. The van der Waals surface area contributed by atoms with Gasteiger partial charge in [-0.05, 0) is 41.0 Å². The smallest absolute Gasteiger partial charge is 0.444 e. The molecule has 1 aromatic rings. The molecule has 0 bridgehead atoms. The highest BCUT2D eigenvalue weighted by Gasteiger charge is 2.50. The Bertz CT molecular complexity index is 872. The van der Waals surface area contributed by atoms with Gasteiger partial charge in [0.2, 0.25) is 5.88 Å². The lowest BCUT2D eigenvalue weighted by Gasteiger charge is -2.27. The average Bonchev–Trinajstić information content (AvgIpc) is 2.77. The monoisotopic (exact) mass is 441 g/mol. The van der Waals surface area contributed by atoms with Crippen LogP contribution in [0.1, 0.15) is 64.8 Å². The number of fused-ring (bicyclic) bond motifs is 1. The van der Waals surface area contributed by atoms with Crippen LogP contribution >= 0.6 is 0 Å². The maximum absolute atomic E-state index is 12.9. The van der Waals surface area contributed by atoms with Gasteiger partial charge in [-0.15, -0.1) is 0 Å². The third-order valence-electron chi connectivity index (χ3n) is 4.20. The van der Waals surface area contributed by atoms with Gasteiger partial charge in [-0.25, -0.2) is 9.48 Å². The largest absolute Gasteiger partial charge is 0.534 e. The second kappa shape index (κ2) is 7.69. The number of halogens is 3. The van der Waals surface area contributed by atoms with Crippen molar-refractivity contribution in [3.63, 3.8) is 0 Å². The Morgan fingerprint density at radius 2 is 1.83 bits per heavy atom. The SMILES string of the molecule is CC1CN(C(=O)OC(C)(C)C)CCc2c1nn(C(C)C)c2OS(=O)(=O)C(F)(F)F. The molecule has 2 heterocycles. The van der Waals surface area contributed by atoms with Crippen molar-refractivity contribution in [2.24, 2.45) is 0 Å². The molecule has 2 rings (SSSR count). The molecule has 166 valence electrons. The van der Waals surface area contributed by atoms with Gasteiger partial charge in [-0.2, -0.15) is 26.7 Å². The zero-order valence-corrected chi connectivity index (χ0v) is 18.0. The number of hydrogen-bond donors (Lipinski definition) is 0. The summed E-state index contributed by atoms with van der Waals surface area (Å²) < 4.78 is 72.8. The van der Waals surface area contributed by atoms with Gasteiger partial charge in [0.1, 0.15) is 5.60 Å². The van der Waals surface area contributed by atoms with E-state index in [1.807, 2.05) is 0 Å². The van der Waals surface area contributed by atoms with Crippen molar-refractivity contribution in [2.75, 3.05) is 13.1 Å². The molecule has 12 heteroatoms.